The van der Waals surface area contributed by atoms with Gasteiger partial charge < -0.3 is 19.1 Å². The minimum Gasteiger partial charge on any atom is -0.361 e. The van der Waals surface area contributed by atoms with Crippen molar-refractivity contribution in [2.24, 2.45) is 11.3 Å². The first kappa shape index (κ1) is 31.7. The standard InChI is InChI=1S/C33H52F2N4O2/c1-33(2,3)19-12-10-8-6-5-7-9-11-13-21-41-24-38-20-18-27-29-28(22-36-31(27)38)32(40)37(4)23-39(29)26-16-14-25(15-17-26)30(34)35/h18,20,22,25-26,30H,5-17,19,21,23-24H2,1-4H3. The third-order valence-corrected chi connectivity index (χ3v) is 8.97. The number of alkyl halides is 2. The number of nitrogens with zero attached hydrogens (tertiary/aromatic N) is 4. The monoisotopic (exact) mass is 574 g/mol. The Morgan fingerprint density at radius 1 is 0.976 bits per heavy atom. The van der Waals surface area contributed by atoms with Crippen LogP contribution in [0.4, 0.5) is 14.5 Å². The topological polar surface area (TPSA) is 50.6 Å². The molecule has 1 amide bonds. The van der Waals surface area contributed by atoms with Crippen molar-refractivity contribution in [3.63, 3.8) is 0 Å². The van der Waals surface area contributed by atoms with Gasteiger partial charge in [0.15, 0.2) is 0 Å². The summed E-state index contributed by atoms with van der Waals surface area (Å²) >= 11 is 0. The van der Waals surface area contributed by atoms with Crippen LogP contribution in [0.5, 0.6) is 0 Å². The van der Waals surface area contributed by atoms with Crippen LogP contribution in [-0.2, 0) is 11.5 Å². The molecule has 4 rings (SSSR count). The second kappa shape index (κ2) is 14.8. The molecule has 230 valence electrons. The van der Waals surface area contributed by atoms with Crippen LogP contribution in [0.15, 0.2) is 18.5 Å². The van der Waals surface area contributed by atoms with Gasteiger partial charge in [0.25, 0.3) is 5.91 Å². The van der Waals surface area contributed by atoms with E-state index in [-0.39, 0.29) is 11.9 Å². The van der Waals surface area contributed by atoms with Crippen LogP contribution in [0.3, 0.4) is 0 Å². The van der Waals surface area contributed by atoms with Gasteiger partial charge in [0, 0.05) is 43.4 Å². The van der Waals surface area contributed by atoms with Crippen molar-refractivity contribution in [3.05, 3.63) is 24.0 Å². The van der Waals surface area contributed by atoms with Crippen LogP contribution in [0.25, 0.3) is 11.0 Å². The molecule has 1 fully saturated rings. The number of rotatable bonds is 15. The Morgan fingerprint density at radius 2 is 1.61 bits per heavy atom. The Morgan fingerprint density at radius 3 is 2.24 bits per heavy atom. The first-order chi connectivity index (χ1) is 19.7. The number of halogens is 2. The Labute approximate surface area is 245 Å². The van der Waals surface area contributed by atoms with Gasteiger partial charge in [-0.2, -0.15) is 0 Å². The molecule has 1 saturated carbocycles. The van der Waals surface area contributed by atoms with Gasteiger partial charge in [-0.05, 0) is 50.0 Å². The normalized spacial score (nSPS) is 19.9. The molecule has 1 aliphatic carbocycles. The summed E-state index contributed by atoms with van der Waals surface area (Å²) in [5, 5.41) is 0.932. The summed E-state index contributed by atoms with van der Waals surface area (Å²) < 4.78 is 34.5. The second-order valence-corrected chi connectivity index (χ2v) is 13.6. The predicted octanol–water partition coefficient (Wildman–Crippen LogP) is 8.63. The lowest BCUT2D eigenvalue weighted by atomic mass is 9.85. The number of aromatic nitrogens is 2. The minimum atomic E-state index is -2.25. The number of hydrogen-bond acceptors (Lipinski definition) is 4. The Hall–Kier alpha value is -2.22. The van der Waals surface area contributed by atoms with E-state index in [1.807, 2.05) is 16.8 Å². The van der Waals surface area contributed by atoms with E-state index < -0.39 is 12.3 Å². The number of ether oxygens (including phenoxy) is 1. The molecule has 2 aromatic heterocycles. The van der Waals surface area contributed by atoms with Crippen molar-refractivity contribution in [2.45, 2.75) is 130 Å². The van der Waals surface area contributed by atoms with Crippen molar-refractivity contribution in [1.29, 1.82) is 0 Å². The van der Waals surface area contributed by atoms with Crippen molar-refractivity contribution in [2.75, 3.05) is 25.2 Å². The lowest BCUT2D eigenvalue weighted by Crippen LogP contribution is -2.50. The van der Waals surface area contributed by atoms with Gasteiger partial charge in [0.1, 0.15) is 12.4 Å². The van der Waals surface area contributed by atoms with E-state index in [0.717, 1.165) is 29.7 Å². The average Bonchev–Trinajstić information content (AvgIpc) is 3.35. The number of anilines is 1. The third kappa shape index (κ3) is 8.65. The van der Waals surface area contributed by atoms with E-state index in [0.29, 0.717) is 50.1 Å². The van der Waals surface area contributed by atoms with Crippen molar-refractivity contribution in [1.82, 2.24) is 14.5 Å². The molecule has 0 radical (unpaired) electrons. The van der Waals surface area contributed by atoms with E-state index in [1.165, 1.54) is 57.8 Å². The van der Waals surface area contributed by atoms with Crippen LogP contribution < -0.4 is 4.90 Å². The van der Waals surface area contributed by atoms with E-state index >= 15 is 0 Å². The Bertz CT molecular complexity index is 1100. The molecule has 6 nitrogen and oxygen atoms in total. The highest BCUT2D eigenvalue weighted by molar-refractivity contribution is 6.08. The maximum atomic E-state index is 13.3. The molecule has 3 heterocycles. The summed E-state index contributed by atoms with van der Waals surface area (Å²) in [7, 11) is 1.79. The maximum Gasteiger partial charge on any atom is 0.258 e. The lowest BCUT2D eigenvalue weighted by molar-refractivity contribution is 0.0514. The highest BCUT2D eigenvalue weighted by atomic mass is 19.3. The van der Waals surface area contributed by atoms with Gasteiger partial charge in [-0.25, -0.2) is 13.8 Å². The average molecular weight is 575 g/mol. The molecule has 0 aromatic carbocycles. The predicted molar refractivity (Wildman–Crippen MR) is 162 cm³/mol. The zero-order chi connectivity index (χ0) is 29.4. The summed E-state index contributed by atoms with van der Waals surface area (Å²) in [5.74, 6) is -0.560. The molecular formula is C33H52F2N4O2. The van der Waals surface area contributed by atoms with E-state index in [1.54, 1.807) is 18.1 Å². The minimum absolute atomic E-state index is 0.0450. The van der Waals surface area contributed by atoms with Crippen molar-refractivity contribution >= 4 is 22.6 Å². The number of hydrogen-bond donors (Lipinski definition) is 0. The molecule has 1 aliphatic heterocycles. The van der Waals surface area contributed by atoms with Crippen LogP contribution in [-0.4, -0.2) is 53.1 Å². The molecule has 0 atom stereocenters. The number of carbonyl (C=O) groups excluding carboxylic acids is 1. The smallest absolute Gasteiger partial charge is 0.258 e. The van der Waals surface area contributed by atoms with E-state index in [9.17, 15) is 13.6 Å². The van der Waals surface area contributed by atoms with Crippen LogP contribution in [0.2, 0.25) is 0 Å². The van der Waals surface area contributed by atoms with Crippen molar-refractivity contribution < 1.29 is 18.3 Å². The SMILES string of the molecule is CN1CN(C2CCC(C(F)F)CC2)c2c(cnc3c2ccn3COCCCCCCCCCCCC(C)(C)C)C1=O. The summed E-state index contributed by atoms with van der Waals surface area (Å²) in [6.45, 7) is 8.59. The summed E-state index contributed by atoms with van der Waals surface area (Å²) in [6.07, 6.45) is 16.8. The lowest BCUT2D eigenvalue weighted by Gasteiger charge is -2.43. The fraction of sp³-hybridized carbons (Fsp3) is 0.758. The highest BCUT2D eigenvalue weighted by Gasteiger charge is 2.37. The summed E-state index contributed by atoms with van der Waals surface area (Å²) in [4.78, 5) is 21.6. The molecule has 0 unspecified atom stereocenters. The molecular weight excluding hydrogens is 522 g/mol. The van der Waals surface area contributed by atoms with E-state index in [2.05, 4.69) is 30.7 Å². The molecule has 2 aromatic rings. The summed E-state index contributed by atoms with van der Waals surface area (Å²) in [6, 6.07) is 2.15. The first-order valence-electron chi connectivity index (χ1n) is 16.0. The number of pyridine rings is 1. The van der Waals surface area contributed by atoms with E-state index in [4.69, 9.17) is 4.74 Å². The van der Waals surface area contributed by atoms with Gasteiger partial charge in [-0.3, -0.25) is 4.79 Å². The maximum absolute atomic E-state index is 13.3. The molecule has 2 aliphatic rings. The van der Waals surface area contributed by atoms with Gasteiger partial charge in [-0.15, -0.1) is 0 Å². The van der Waals surface area contributed by atoms with Gasteiger partial charge in [0.2, 0.25) is 6.43 Å². The number of carbonyl (C=O) groups is 1. The molecule has 0 saturated heterocycles. The highest BCUT2D eigenvalue weighted by Crippen LogP contribution is 2.40. The van der Waals surface area contributed by atoms with Gasteiger partial charge in [0.05, 0.1) is 17.9 Å². The van der Waals surface area contributed by atoms with Crippen LogP contribution in [0, 0.1) is 11.3 Å². The zero-order valence-electron chi connectivity index (χ0n) is 25.8. The van der Waals surface area contributed by atoms with Gasteiger partial charge in [-0.1, -0.05) is 72.1 Å². The first-order valence-corrected chi connectivity index (χ1v) is 16.0. The molecule has 41 heavy (non-hydrogen) atoms. The summed E-state index contributed by atoms with van der Waals surface area (Å²) in [5.41, 5.74) is 2.75. The number of amides is 1. The van der Waals surface area contributed by atoms with Crippen LogP contribution >= 0.6 is 0 Å². The fourth-order valence-corrected chi connectivity index (χ4v) is 6.49. The fourth-order valence-electron chi connectivity index (χ4n) is 6.49. The quantitative estimate of drug-likeness (QED) is 0.200. The third-order valence-electron chi connectivity index (χ3n) is 8.97. The number of unbranched alkanes of at least 4 members (excludes halogenated alkanes) is 8. The number of fused-ring (bicyclic) bond motifs is 3. The van der Waals surface area contributed by atoms with Crippen LogP contribution in [0.1, 0.15) is 121 Å². The van der Waals surface area contributed by atoms with Gasteiger partial charge >= 0.3 is 0 Å². The molecule has 8 heteroatoms. The Kier molecular flexibility index (Phi) is 11.4. The molecule has 0 N–H and O–H groups in total. The molecule has 0 bridgehead atoms. The second-order valence-electron chi connectivity index (χ2n) is 13.6. The van der Waals surface area contributed by atoms with Crippen molar-refractivity contribution in [3.8, 4) is 0 Å². The largest absolute Gasteiger partial charge is 0.361 e. The molecule has 0 spiro atoms. The zero-order valence-corrected chi connectivity index (χ0v) is 25.8. The Balaban J connectivity index is 1.23.